The van der Waals surface area contributed by atoms with Crippen LogP contribution in [0.25, 0.3) is 0 Å². The van der Waals surface area contributed by atoms with E-state index in [9.17, 15) is 4.79 Å². The summed E-state index contributed by atoms with van der Waals surface area (Å²) in [5.41, 5.74) is 3.35. The summed E-state index contributed by atoms with van der Waals surface area (Å²) in [6.45, 7) is 1.93. The van der Waals surface area contributed by atoms with Crippen molar-refractivity contribution in [2.75, 3.05) is 14.2 Å². The number of rotatable bonds is 2. The van der Waals surface area contributed by atoms with Gasteiger partial charge in [0, 0.05) is 23.9 Å². The van der Waals surface area contributed by atoms with Gasteiger partial charge in [-0.15, -0.1) is 0 Å². The summed E-state index contributed by atoms with van der Waals surface area (Å²) in [7, 11) is 3.43. The maximum atomic E-state index is 12.2. The summed E-state index contributed by atoms with van der Waals surface area (Å²) in [6.07, 6.45) is 0. The third-order valence-corrected chi connectivity index (χ3v) is 3.61. The maximum Gasteiger partial charge on any atom is 0.275 e. The van der Waals surface area contributed by atoms with Gasteiger partial charge in [0.05, 0.1) is 13.2 Å². The molecule has 0 saturated carbocycles. The van der Waals surface area contributed by atoms with Crippen LogP contribution in [-0.4, -0.2) is 35.2 Å². The van der Waals surface area contributed by atoms with Crippen molar-refractivity contribution >= 4 is 5.91 Å². The highest BCUT2D eigenvalue weighted by atomic mass is 16.5. The standard InChI is InChI=1S/C14H15N3O2/c1-8-11-12(16-15-8)14(18)17(2)13(11)9-6-4-5-7-10(9)19-3/h4-7,13H,1-3H3,(H,15,16). The molecule has 0 fully saturated rings. The molecule has 5 nitrogen and oxygen atoms in total. The van der Waals surface area contributed by atoms with Crippen LogP contribution in [0.4, 0.5) is 0 Å². The molecular weight excluding hydrogens is 242 g/mol. The minimum atomic E-state index is -0.141. The van der Waals surface area contributed by atoms with E-state index in [-0.39, 0.29) is 11.9 Å². The van der Waals surface area contributed by atoms with E-state index in [0.717, 1.165) is 22.6 Å². The molecule has 1 aromatic carbocycles. The predicted molar refractivity (Wildman–Crippen MR) is 70.3 cm³/mol. The van der Waals surface area contributed by atoms with Crippen molar-refractivity contribution in [2.24, 2.45) is 0 Å². The lowest BCUT2D eigenvalue weighted by atomic mass is 9.98. The monoisotopic (exact) mass is 257 g/mol. The first-order valence-electron chi connectivity index (χ1n) is 6.10. The van der Waals surface area contributed by atoms with Crippen LogP contribution in [0.1, 0.15) is 33.4 Å². The third kappa shape index (κ3) is 1.54. The van der Waals surface area contributed by atoms with Crippen molar-refractivity contribution in [1.29, 1.82) is 0 Å². The molecule has 1 aliphatic heterocycles. The number of nitrogens with one attached hydrogen (secondary N) is 1. The number of carbonyl (C=O) groups is 1. The largest absolute Gasteiger partial charge is 0.496 e. The van der Waals surface area contributed by atoms with Crippen LogP contribution in [0.15, 0.2) is 24.3 Å². The van der Waals surface area contributed by atoms with Gasteiger partial charge < -0.3 is 9.64 Å². The molecule has 1 N–H and O–H groups in total. The Labute approximate surface area is 111 Å². The van der Waals surface area contributed by atoms with Crippen molar-refractivity contribution in [3.05, 3.63) is 46.8 Å². The van der Waals surface area contributed by atoms with Gasteiger partial charge >= 0.3 is 0 Å². The molecule has 1 aromatic heterocycles. The lowest BCUT2D eigenvalue weighted by Gasteiger charge is -2.23. The number of hydrogen-bond acceptors (Lipinski definition) is 3. The Hall–Kier alpha value is -2.30. The van der Waals surface area contributed by atoms with Crippen LogP contribution in [0, 0.1) is 6.92 Å². The number of methoxy groups -OCH3 is 1. The number of fused-ring (bicyclic) bond motifs is 1. The lowest BCUT2D eigenvalue weighted by molar-refractivity contribution is 0.0786. The predicted octanol–water partition coefficient (Wildman–Crippen LogP) is 1.90. The average Bonchev–Trinajstić information content (AvgIpc) is 2.91. The number of ether oxygens (including phenoxy) is 1. The second-order valence-electron chi connectivity index (χ2n) is 4.67. The molecule has 1 unspecified atom stereocenters. The summed E-state index contributed by atoms with van der Waals surface area (Å²) < 4.78 is 5.40. The van der Waals surface area contributed by atoms with Gasteiger partial charge in [0.15, 0.2) is 5.69 Å². The van der Waals surface area contributed by atoms with Gasteiger partial charge in [0.1, 0.15) is 5.75 Å². The highest BCUT2D eigenvalue weighted by molar-refractivity contribution is 5.98. The fourth-order valence-corrected chi connectivity index (χ4v) is 2.67. The summed E-state index contributed by atoms with van der Waals surface area (Å²) >= 11 is 0. The highest BCUT2D eigenvalue weighted by Crippen LogP contribution is 2.41. The quantitative estimate of drug-likeness (QED) is 0.894. The van der Waals surface area contributed by atoms with Crippen LogP contribution in [0.2, 0.25) is 0 Å². The van der Waals surface area contributed by atoms with Crippen LogP contribution in [-0.2, 0) is 0 Å². The first-order chi connectivity index (χ1) is 9.15. The molecule has 3 rings (SSSR count). The Bertz CT molecular complexity index is 648. The van der Waals surface area contributed by atoms with Crippen LogP contribution < -0.4 is 4.74 Å². The third-order valence-electron chi connectivity index (χ3n) is 3.61. The van der Waals surface area contributed by atoms with Crippen LogP contribution in [0.5, 0.6) is 5.75 Å². The molecule has 2 heterocycles. The SMILES string of the molecule is COc1ccccc1C1c2c(n[nH]c2C)C(=O)N1C. The fraction of sp³-hybridized carbons (Fsp3) is 0.286. The van der Waals surface area contributed by atoms with Crippen LogP contribution >= 0.6 is 0 Å². The average molecular weight is 257 g/mol. The van der Waals surface area contributed by atoms with E-state index in [1.54, 1.807) is 19.1 Å². The van der Waals surface area contributed by atoms with Gasteiger partial charge in [0.25, 0.3) is 5.91 Å². The number of hydrogen-bond donors (Lipinski definition) is 1. The lowest BCUT2D eigenvalue weighted by Crippen LogP contribution is -2.25. The molecule has 0 aliphatic carbocycles. The van der Waals surface area contributed by atoms with E-state index >= 15 is 0 Å². The molecule has 0 radical (unpaired) electrons. The molecule has 1 amide bonds. The molecule has 1 aliphatic rings. The van der Waals surface area contributed by atoms with Gasteiger partial charge in [-0.2, -0.15) is 5.10 Å². The molecule has 0 bridgehead atoms. The van der Waals surface area contributed by atoms with E-state index in [1.807, 2.05) is 31.2 Å². The van der Waals surface area contributed by atoms with Gasteiger partial charge in [-0.1, -0.05) is 18.2 Å². The van der Waals surface area contributed by atoms with Gasteiger partial charge in [-0.25, -0.2) is 0 Å². The molecular formula is C14H15N3O2. The molecule has 0 saturated heterocycles. The number of aromatic nitrogens is 2. The molecule has 5 heteroatoms. The van der Waals surface area contributed by atoms with E-state index in [2.05, 4.69) is 10.2 Å². The maximum absolute atomic E-state index is 12.2. The van der Waals surface area contributed by atoms with E-state index in [4.69, 9.17) is 4.74 Å². The van der Waals surface area contributed by atoms with Crippen molar-refractivity contribution in [3.63, 3.8) is 0 Å². The summed E-state index contributed by atoms with van der Waals surface area (Å²) in [5, 5.41) is 6.99. The first-order valence-corrected chi connectivity index (χ1v) is 6.10. The van der Waals surface area contributed by atoms with Crippen molar-refractivity contribution in [2.45, 2.75) is 13.0 Å². The summed E-state index contributed by atoms with van der Waals surface area (Å²) in [4.78, 5) is 13.9. The number of carbonyl (C=O) groups excluding carboxylic acids is 1. The smallest absolute Gasteiger partial charge is 0.275 e. The van der Waals surface area contributed by atoms with Crippen molar-refractivity contribution in [1.82, 2.24) is 15.1 Å². The van der Waals surface area contributed by atoms with Gasteiger partial charge in [0.2, 0.25) is 0 Å². The fourth-order valence-electron chi connectivity index (χ4n) is 2.67. The molecule has 98 valence electrons. The van der Waals surface area contributed by atoms with E-state index < -0.39 is 0 Å². The minimum absolute atomic E-state index is 0.0599. The van der Waals surface area contributed by atoms with Crippen molar-refractivity contribution < 1.29 is 9.53 Å². The molecule has 19 heavy (non-hydrogen) atoms. The molecule has 1 atom stereocenters. The second kappa shape index (κ2) is 4.12. The normalized spacial score (nSPS) is 17.7. The highest BCUT2D eigenvalue weighted by Gasteiger charge is 2.40. The zero-order valence-electron chi connectivity index (χ0n) is 11.1. The molecule has 2 aromatic rings. The van der Waals surface area contributed by atoms with Crippen LogP contribution in [0.3, 0.4) is 0 Å². The Morgan fingerprint density at radius 2 is 2.11 bits per heavy atom. The summed E-state index contributed by atoms with van der Waals surface area (Å²) in [5.74, 6) is 0.718. The zero-order valence-corrected chi connectivity index (χ0v) is 11.1. The second-order valence-corrected chi connectivity index (χ2v) is 4.67. The van der Waals surface area contributed by atoms with Gasteiger partial charge in [-0.05, 0) is 13.0 Å². The number of amides is 1. The van der Waals surface area contributed by atoms with Crippen molar-refractivity contribution in [3.8, 4) is 5.75 Å². The number of para-hydroxylation sites is 1. The Balaban J connectivity index is 2.20. The number of nitrogens with zero attached hydrogens (tertiary/aromatic N) is 2. The number of aryl methyl sites for hydroxylation is 1. The summed E-state index contributed by atoms with van der Waals surface area (Å²) in [6, 6.07) is 7.61. The minimum Gasteiger partial charge on any atom is -0.496 e. The van der Waals surface area contributed by atoms with Gasteiger partial charge in [-0.3, -0.25) is 9.89 Å². The Morgan fingerprint density at radius 3 is 2.84 bits per heavy atom. The number of benzene rings is 1. The Morgan fingerprint density at radius 1 is 1.37 bits per heavy atom. The molecule has 0 spiro atoms. The zero-order chi connectivity index (χ0) is 13.6. The van der Waals surface area contributed by atoms with E-state index in [1.165, 1.54) is 0 Å². The number of H-pyrrole nitrogens is 1. The Kier molecular flexibility index (Phi) is 2.55. The van der Waals surface area contributed by atoms with E-state index in [0.29, 0.717) is 5.69 Å². The first kappa shape index (κ1) is 11.8. The topological polar surface area (TPSA) is 58.2 Å². The number of aromatic amines is 1.